The number of benzene rings is 2. The normalized spacial score (nSPS) is 13.5. The lowest BCUT2D eigenvalue weighted by Crippen LogP contribution is -2.49. The third-order valence-electron chi connectivity index (χ3n) is 11.2. The first-order chi connectivity index (χ1) is 34.5. The van der Waals surface area contributed by atoms with Gasteiger partial charge < -0.3 is 69.0 Å². The van der Waals surface area contributed by atoms with Crippen LogP contribution in [-0.4, -0.2) is 173 Å². The maximum atomic E-state index is 13.6. The Kier molecular flexibility index (Phi) is 33.3. The van der Waals surface area contributed by atoms with Crippen LogP contribution in [0.4, 0.5) is 5.69 Å². The molecule has 21 heteroatoms. The second kappa shape index (κ2) is 38.6. The zero-order valence-corrected chi connectivity index (χ0v) is 42.8. The van der Waals surface area contributed by atoms with Gasteiger partial charge in [-0.15, -0.1) is 0 Å². The Balaban J connectivity index is 1.09. The molecule has 1 fully saturated rings. The number of hydrogen-bond acceptors (Lipinski definition) is 14. The van der Waals surface area contributed by atoms with Crippen LogP contribution in [0.15, 0.2) is 42.5 Å². The minimum Gasteiger partial charge on any atom is -0.480 e. The van der Waals surface area contributed by atoms with E-state index in [4.69, 9.17) is 65.8 Å². The fourth-order valence-corrected chi connectivity index (χ4v) is 7.80. The summed E-state index contributed by atoms with van der Waals surface area (Å²) < 4.78 is 49.4. The number of aliphatic carboxylic acids is 1. The highest BCUT2D eigenvalue weighted by molar-refractivity contribution is 6.40. The van der Waals surface area contributed by atoms with Crippen molar-refractivity contribution in [3.63, 3.8) is 0 Å². The molecule has 0 spiro atoms. The summed E-state index contributed by atoms with van der Waals surface area (Å²) in [5.41, 5.74) is 0.474. The van der Waals surface area contributed by atoms with Gasteiger partial charge in [0.05, 0.1) is 140 Å². The Hall–Kier alpha value is -3.99. The number of carboxylic acids is 1. The van der Waals surface area contributed by atoms with Crippen molar-refractivity contribution in [3.05, 3.63) is 63.6 Å². The molecular weight excluding hydrogens is 967 g/mol. The number of carboxylic acid groups (broad SMARTS) is 1. The molecule has 1 aliphatic rings. The number of halogens is 2. The van der Waals surface area contributed by atoms with Gasteiger partial charge in [-0.3, -0.25) is 19.2 Å². The summed E-state index contributed by atoms with van der Waals surface area (Å²) in [7, 11) is 0. The van der Waals surface area contributed by atoms with Crippen LogP contribution in [0.2, 0.25) is 10.0 Å². The zero-order valence-electron chi connectivity index (χ0n) is 41.3. The SMILES string of the molecule is CCCCNC(=O)CCOCCOCCOCCOCCOCCOCCOCCOCCOCCC(=O)NCCC1(C(=O)N[C@@H](Cc2ccc(NC(=O)c3c(Cl)cccc3Cl)cc2)C(=O)O)CCCC1. The van der Waals surface area contributed by atoms with E-state index in [-0.39, 0.29) is 59.3 Å². The third-order valence-corrected chi connectivity index (χ3v) is 11.8. The van der Waals surface area contributed by atoms with Crippen molar-refractivity contribution in [2.75, 3.05) is 137 Å². The lowest BCUT2D eigenvalue weighted by Gasteiger charge is -2.29. The summed E-state index contributed by atoms with van der Waals surface area (Å²) in [6.07, 6.45) is 5.81. The molecular formula is C50H76Cl2N4O15. The zero-order chi connectivity index (χ0) is 51.2. The standard InChI is InChI=1S/C50H76Cl2N4O15/c1-2-3-18-53-44(57)13-20-63-22-24-65-26-28-67-30-32-69-34-36-71-37-35-70-33-31-68-29-27-66-25-23-64-21-14-45(58)54-19-17-50(15-4-5-16-50)49(62)56-43(48(60)61)38-39-9-11-40(12-10-39)55-47(59)46-41(51)7-6-8-42(46)52/h6-12,43H,2-5,13-38H2,1H3,(H,53,57)(H,54,58)(H,55,59)(H,56,62)(H,60,61)/t43-/m0/s1. The molecule has 0 radical (unpaired) electrons. The summed E-state index contributed by atoms with van der Waals surface area (Å²) in [6.45, 7) is 10.5. The molecule has 400 valence electrons. The molecule has 0 aliphatic heterocycles. The molecule has 0 unspecified atom stereocenters. The summed E-state index contributed by atoms with van der Waals surface area (Å²) >= 11 is 12.3. The molecule has 0 bridgehead atoms. The average molecular weight is 1040 g/mol. The van der Waals surface area contributed by atoms with Crippen LogP contribution in [0.25, 0.3) is 0 Å². The molecule has 1 saturated carbocycles. The summed E-state index contributed by atoms with van der Waals surface area (Å²) in [4.78, 5) is 62.8. The second-order valence-electron chi connectivity index (χ2n) is 16.6. The van der Waals surface area contributed by atoms with Crippen LogP contribution in [0.1, 0.15) is 80.6 Å². The predicted octanol–water partition coefficient (Wildman–Crippen LogP) is 5.27. The summed E-state index contributed by atoms with van der Waals surface area (Å²) in [5.74, 6) is -2.18. The van der Waals surface area contributed by atoms with E-state index in [1.165, 1.54) is 0 Å². The van der Waals surface area contributed by atoms with Gasteiger partial charge in [0, 0.05) is 38.0 Å². The van der Waals surface area contributed by atoms with Gasteiger partial charge in [0.15, 0.2) is 0 Å². The molecule has 0 saturated heterocycles. The molecule has 3 rings (SSSR count). The molecule has 5 N–H and O–H groups in total. The third kappa shape index (κ3) is 27.6. The number of carbonyl (C=O) groups is 5. The van der Waals surface area contributed by atoms with Crippen LogP contribution < -0.4 is 21.3 Å². The van der Waals surface area contributed by atoms with E-state index in [1.807, 2.05) is 0 Å². The van der Waals surface area contributed by atoms with Crippen LogP contribution in [0.3, 0.4) is 0 Å². The molecule has 1 aliphatic carbocycles. The van der Waals surface area contributed by atoms with Crippen LogP contribution >= 0.6 is 23.2 Å². The number of hydrogen-bond donors (Lipinski definition) is 5. The van der Waals surface area contributed by atoms with E-state index in [0.29, 0.717) is 156 Å². The molecule has 1 atom stereocenters. The van der Waals surface area contributed by atoms with E-state index in [9.17, 15) is 29.1 Å². The fraction of sp³-hybridized carbons (Fsp3) is 0.660. The topological polar surface area (TPSA) is 237 Å². The van der Waals surface area contributed by atoms with Crippen molar-refractivity contribution in [1.82, 2.24) is 16.0 Å². The van der Waals surface area contributed by atoms with E-state index in [1.54, 1.807) is 42.5 Å². The van der Waals surface area contributed by atoms with Crippen molar-refractivity contribution in [1.29, 1.82) is 0 Å². The maximum Gasteiger partial charge on any atom is 0.326 e. The van der Waals surface area contributed by atoms with Crippen molar-refractivity contribution in [3.8, 4) is 0 Å². The number of amides is 4. The Morgan fingerprint density at radius 1 is 0.592 bits per heavy atom. The van der Waals surface area contributed by atoms with Crippen LogP contribution in [0, 0.1) is 5.41 Å². The monoisotopic (exact) mass is 1040 g/mol. The van der Waals surface area contributed by atoms with Gasteiger partial charge in [0.1, 0.15) is 6.04 Å². The Morgan fingerprint density at radius 3 is 1.41 bits per heavy atom. The van der Waals surface area contributed by atoms with E-state index in [0.717, 1.165) is 25.7 Å². The highest BCUT2D eigenvalue weighted by Crippen LogP contribution is 2.41. The number of anilines is 1. The molecule has 71 heavy (non-hydrogen) atoms. The first kappa shape index (κ1) is 61.3. The highest BCUT2D eigenvalue weighted by Gasteiger charge is 2.42. The predicted molar refractivity (Wildman–Crippen MR) is 267 cm³/mol. The molecule has 0 aromatic heterocycles. The first-order valence-corrected chi connectivity index (χ1v) is 25.4. The molecule has 4 amide bonds. The number of rotatable bonds is 43. The van der Waals surface area contributed by atoms with Gasteiger partial charge in [0.25, 0.3) is 5.91 Å². The Bertz CT molecular complexity index is 1790. The van der Waals surface area contributed by atoms with Crippen molar-refractivity contribution in [2.45, 2.75) is 77.2 Å². The molecule has 2 aromatic carbocycles. The lowest BCUT2D eigenvalue weighted by molar-refractivity contribution is -0.144. The largest absolute Gasteiger partial charge is 0.480 e. The minimum absolute atomic E-state index is 0.0111. The first-order valence-electron chi connectivity index (χ1n) is 24.7. The number of unbranched alkanes of at least 4 members (excludes halogenated alkanes) is 1. The van der Waals surface area contributed by atoms with Crippen molar-refractivity contribution in [2.24, 2.45) is 5.41 Å². The molecule has 0 heterocycles. The van der Waals surface area contributed by atoms with Gasteiger partial charge in [-0.05, 0) is 55.5 Å². The van der Waals surface area contributed by atoms with Crippen molar-refractivity contribution < 1.29 is 71.7 Å². The Labute approximate surface area is 428 Å². The number of nitrogens with one attached hydrogen (secondary N) is 4. The van der Waals surface area contributed by atoms with Gasteiger partial charge in [-0.2, -0.15) is 0 Å². The second-order valence-corrected chi connectivity index (χ2v) is 17.4. The average Bonchev–Trinajstić information content (AvgIpc) is 3.84. The Morgan fingerprint density at radius 2 is 1.00 bits per heavy atom. The van der Waals surface area contributed by atoms with Crippen LogP contribution in [0.5, 0.6) is 0 Å². The molecule has 19 nitrogen and oxygen atoms in total. The lowest BCUT2D eigenvalue weighted by atomic mass is 9.81. The van der Waals surface area contributed by atoms with Gasteiger partial charge in [-0.25, -0.2) is 4.79 Å². The van der Waals surface area contributed by atoms with Crippen molar-refractivity contribution >= 4 is 58.5 Å². The van der Waals surface area contributed by atoms with Gasteiger partial charge in [-0.1, -0.05) is 67.6 Å². The number of carbonyl (C=O) groups excluding carboxylic acids is 4. The number of ether oxygens (including phenoxy) is 9. The smallest absolute Gasteiger partial charge is 0.326 e. The van der Waals surface area contributed by atoms with E-state index < -0.39 is 23.3 Å². The maximum absolute atomic E-state index is 13.6. The van der Waals surface area contributed by atoms with Crippen LogP contribution in [-0.2, 0) is 68.2 Å². The summed E-state index contributed by atoms with van der Waals surface area (Å²) in [6, 6.07) is 10.2. The van der Waals surface area contributed by atoms with Gasteiger partial charge >= 0.3 is 5.97 Å². The highest BCUT2D eigenvalue weighted by atomic mass is 35.5. The quantitative estimate of drug-likeness (QED) is 0.0532. The fourth-order valence-electron chi connectivity index (χ4n) is 7.24. The van der Waals surface area contributed by atoms with E-state index in [2.05, 4.69) is 28.2 Å². The summed E-state index contributed by atoms with van der Waals surface area (Å²) in [5, 5.41) is 21.7. The van der Waals surface area contributed by atoms with E-state index >= 15 is 0 Å². The van der Waals surface area contributed by atoms with Gasteiger partial charge in [0.2, 0.25) is 17.7 Å². The molecule has 2 aromatic rings. The minimum atomic E-state index is -1.18.